The Kier molecular flexibility index (Phi) is 3.63. The number of nitrogens with two attached hydrogens (primary N) is 1. The van der Waals surface area contributed by atoms with E-state index in [1.165, 1.54) is 0 Å². The first-order valence-corrected chi connectivity index (χ1v) is 7.33. The van der Waals surface area contributed by atoms with Crippen molar-refractivity contribution < 1.29 is 9.32 Å². The molecular weight excluding hydrogens is 268 g/mol. The molecule has 0 radical (unpaired) electrons. The molecule has 2 atom stereocenters. The Labute approximate surface area is 123 Å². The quantitative estimate of drug-likeness (QED) is 0.909. The minimum atomic E-state index is -0.00708. The van der Waals surface area contributed by atoms with E-state index in [1.54, 1.807) is 6.20 Å². The van der Waals surface area contributed by atoms with Crippen molar-refractivity contribution in [3.8, 4) is 0 Å². The Morgan fingerprint density at radius 1 is 1.57 bits per heavy atom. The summed E-state index contributed by atoms with van der Waals surface area (Å²) in [5.74, 6) is 0.607. The molecule has 3 heterocycles. The Hall–Kier alpha value is -1.95. The summed E-state index contributed by atoms with van der Waals surface area (Å²) < 4.78 is 5.08. The number of piperidine rings is 1. The van der Waals surface area contributed by atoms with E-state index in [9.17, 15) is 4.79 Å². The van der Waals surface area contributed by atoms with Crippen LogP contribution < -0.4 is 5.73 Å². The standard InChI is InChI=1S/C15H20N4O2/c1-9-3-4-19(12(5-9)7-16)15(20)11-6-13-10(2)18-21-14(13)17-8-11/h6,8-9,12H,3-5,7,16H2,1-2H3. The van der Waals surface area contributed by atoms with Crippen LogP contribution in [0.3, 0.4) is 0 Å². The van der Waals surface area contributed by atoms with Gasteiger partial charge in [-0.25, -0.2) is 4.98 Å². The normalized spacial score (nSPS) is 22.7. The number of pyridine rings is 1. The number of nitrogens with zero attached hydrogens (tertiary/aromatic N) is 3. The van der Waals surface area contributed by atoms with E-state index in [4.69, 9.17) is 10.3 Å². The van der Waals surface area contributed by atoms with Crippen molar-refractivity contribution in [3.05, 3.63) is 23.5 Å². The number of rotatable bonds is 2. The first kappa shape index (κ1) is 14.0. The molecule has 1 saturated heterocycles. The Balaban J connectivity index is 1.90. The lowest BCUT2D eigenvalue weighted by atomic mass is 9.92. The molecule has 21 heavy (non-hydrogen) atoms. The van der Waals surface area contributed by atoms with Crippen LogP contribution in [0.1, 0.15) is 35.8 Å². The molecule has 0 aliphatic carbocycles. The van der Waals surface area contributed by atoms with E-state index in [0.717, 1.165) is 30.5 Å². The number of carbonyl (C=O) groups excluding carboxylic acids is 1. The highest BCUT2D eigenvalue weighted by Crippen LogP contribution is 2.24. The zero-order valence-electron chi connectivity index (χ0n) is 12.4. The number of fused-ring (bicyclic) bond motifs is 1. The van der Waals surface area contributed by atoms with Gasteiger partial charge in [-0.05, 0) is 31.7 Å². The van der Waals surface area contributed by atoms with Crippen molar-refractivity contribution in [3.63, 3.8) is 0 Å². The largest absolute Gasteiger partial charge is 0.336 e. The molecule has 2 aromatic rings. The van der Waals surface area contributed by atoms with Crippen molar-refractivity contribution in [2.75, 3.05) is 13.1 Å². The van der Waals surface area contributed by atoms with Gasteiger partial charge in [-0.3, -0.25) is 4.79 Å². The van der Waals surface area contributed by atoms with Gasteiger partial charge in [-0.2, -0.15) is 0 Å². The number of amides is 1. The Morgan fingerprint density at radius 3 is 3.14 bits per heavy atom. The van der Waals surface area contributed by atoms with Crippen molar-refractivity contribution in [1.82, 2.24) is 15.0 Å². The second kappa shape index (κ2) is 5.44. The third-order valence-electron chi connectivity index (χ3n) is 4.27. The minimum Gasteiger partial charge on any atom is -0.336 e. The molecular formula is C15H20N4O2. The highest BCUT2D eigenvalue weighted by atomic mass is 16.5. The molecule has 0 aromatic carbocycles. The smallest absolute Gasteiger partial charge is 0.257 e. The summed E-state index contributed by atoms with van der Waals surface area (Å²) in [4.78, 5) is 18.8. The summed E-state index contributed by atoms with van der Waals surface area (Å²) in [5, 5.41) is 4.65. The van der Waals surface area contributed by atoms with Gasteiger partial charge in [0.15, 0.2) is 0 Å². The second-order valence-corrected chi connectivity index (χ2v) is 5.86. The van der Waals surface area contributed by atoms with Gasteiger partial charge in [0.25, 0.3) is 11.6 Å². The average molecular weight is 288 g/mol. The average Bonchev–Trinajstić information content (AvgIpc) is 2.87. The molecule has 1 fully saturated rings. The highest BCUT2D eigenvalue weighted by molar-refractivity contribution is 5.97. The van der Waals surface area contributed by atoms with Crippen molar-refractivity contribution in [2.24, 2.45) is 11.7 Å². The molecule has 6 nitrogen and oxygen atoms in total. The van der Waals surface area contributed by atoms with Crippen LogP contribution in [0.5, 0.6) is 0 Å². The van der Waals surface area contributed by atoms with Crippen LogP contribution in [0.25, 0.3) is 11.1 Å². The summed E-state index contributed by atoms with van der Waals surface area (Å²) in [6.45, 7) is 5.30. The number of aromatic nitrogens is 2. The topological polar surface area (TPSA) is 85.2 Å². The number of hydrogen-bond acceptors (Lipinski definition) is 5. The molecule has 6 heteroatoms. The lowest BCUT2D eigenvalue weighted by molar-refractivity contribution is 0.0573. The summed E-state index contributed by atoms with van der Waals surface area (Å²) in [6, 6.07) is 1.92. The third kappa shape index (κ3) is 2.51. The SMILES string of the molecule is Cc1noc2ncc(C(=O)N3CCC(C)CC3CN)cc12. The monoisotopic (exact) mass is 288 g/mol. The van der Waals surface area contributed by atoms with Gasteiger partial charge >= 0.3 is 0 Å². The van der Waals surface area contributed by atoms with Gasteiger partial charge in [-0.1, -0.05) is 12.1 Å². The fraction of sp³-hybridized carbons (Fsp3) is 0.533. The number of likely N-dealkylation sites (tertiary alicyclic amines) is 1. The van der Waals surface area contributed by atoms with E-state index in [2.05, 4.69) is 17.1 Å². The van der Waals surface area contributed by atoms with Gasteiger partial charge in [0.1, 0.15) is 0 Å². The van der Waals surface area contributed by atoms with Crippen molar-refractivity contribution in [1.29, 1.82) is 0 Å². The summed E-state index contributed by atoms with van der Waals surface area (Å²) in [6.07, 6.45) is 3.54. The molecule has 1 amide bonds. The first-order chi connectivity index (χ1) is 10.1. The number of hydrogen-bond donors (Lipinski definition) is 1. The van der Waals surface area contributed by atoms with E-state index in [1.807, 2.05) is 17.9 Å². The molecule has 112 valence electrons. The molecule has 0 bridgehead atoms. The molecule has 3 rings (SSSR count). The van der Waals surface area contributed by atoms with Crippen LogP contribution in [0.15, 0.2) is 16.8 Å². The molecule has 2 unspecified atom stereocenters. The van der Waals surface area contributed by atoms with Crippen LogP contribution >= 0.6 is 0 Å². The lowest BCUT2D eigenvalue weighted by Crippen LogP contribution is -2.49. The maximum atomic E-state index is 12.7. The van der Waals surface area contributed by atoms with Gasteiger partial charge < -0.3 is 15.2 Å². The van der Waals surface area contributed by atoms with E-state index < -0.39 is 0 Å². The Bertz CT molecular complexity index is 667. The van der Waals surface area contributed by atoms with Gasteiger partial charge in [0, 0.05) is 25.3 Å². The number of aryl methyl sites for hydroxylation is 1. The maximum Gasteiger partial charge on any atom is 0.257 e. The molecule has 0 spiro atoms. The molecule has 1 aliphatic heterocycles. The Morgan fingerprint density at radius 2 is 2.38 bits per heavy atom. The molecule has 0 saturated carbocycles. The molecule has 2 aromatic heterocycles. The zero-order chi connectivity index (χ0) is 15.0. The van der Waals surface area contributed by atoms with Gasteiger partial charge in [0.2, 0.25) is 0 Å². The van der Waals surface area contributed by atoms with Crippen molar-refractivity contribution >= 4 is 17.0 Å². The van der Waals surface area contributed by atoms with Crippen LogP contribution in [0.2, 0.25) is 0 Å². The van der Waals surface area contributed by atoms with Crippen molar-refractivity contribution in [2.45, 2.75) is 32.7 Å². The second-order valence-electron chi connectivity index (χ2n) is 5.86. The summed E-state index contributed by atoms with van der Waals surface area (Å²) in [7, 11) is 0. The minimum absolute atomic E-state index is 0.00708. The van der Waals surface area contributed by atoms with E-state index >= 15 is 0 Å². The zero-order valence-corrected chi connectivity index (χ0v) is 12.4. The molecule has 1 aliphatic rings. The van der Waals surface area contributed by atoms with Crippen LogP contribution in [0, 0.1) is 12.8 Å². The number of carbonyl (C=O) groups is 1. The van der Waals surface area contributed by atoms with Gasteiger partial charge in [0.05, 0.1) is 16.6 Å². The predicted molar refractivity (Wildman–Crippen MR) is 78.8 cm³/mol. The van der Waals surface area contributed by atoms with E-state index in [0.29, 0.717) is 23.7 Å². The fourth-order valence-corrected chi connectivity index (χ4v) is 2.97. The van der Waals surface area contributed by atoms with E-state index in [-0.39, 0.29) is 11.9 Å². The first-order valence-electron chi connectivity index (χ1n) is 7.33. The maximum absolute atomic E-state index is 12.7. The molecule has 2 N–H and O–H groups in total. The highest BCUT2D eigenvalue weighted by Gasteiger charge is 2.30. The predicted octanol–water partition coefficient (Wildman–Crippen LogP) is 1.73. The van der Waals surface area contributed by atoms with Gasteiger partial charge in [-0.15, -0.1) is 0 Å². The third-order valence-corrected chi connectivity index (χ3v) is 4.27. The lowest BCUT2D eigenvalue weighted by Gasteiger charge is -2.38. The van der Waals surface area contributed by atoms with Crippen LogP contribution in [-0.4, -0.2) is 40.1 Å². The van der Waals surface area contributed by atoms with Crippen LogP contribution in [0.4, 0.5) is 0 Å². The summed E-state index contributed by atoms with van der Waals surface area (Å²) >= 11 is 0. The summed E-state index contributed by atoms with van der Waals surface area (Å²) in [5.41, 5.74) is 7.62. The fourth-order valence-electron chi connectivity index (χ4n) is 2.97. The van der Waals surface area contributed by atoms with Crippen LogP contribution in [-0.2, 0) is 0 Å².